The van der Waals surface area contributed by atoms with Crippen LogP contribution in [0.5, 0.6) is 11.5 Å². The molecule has 0 heterocycles. The van der Waals surface area contributed by atoms with Crippen molar-refractivity contribution in [1.29, 1.82) is 0 Å². The maximum atomic E-state index is 13.0. The summed E-state index contributed by atoms with van der Waals surface area (Å²) in [5.74, 6) is 2.03. The highest BCUT2D eigenvalue weighted by Gasteiger charge is 2.33. The van der Waals surface area contributed by atoms with E-state index in [1.807, 2.05) is 18.2 Å². The van der Waals surface area contributed by atoms with Crippen LogP contribution in [-0.2, 0) is 0 Å². The second-order valence-corrected chi connectivity index (χ2v) is 5.46. The van der Waals surface area contributed by atoms with E-state index in [9.17, 15) is 4.79 Å². The third kappa shape index (κ3) is 2.82. The van der Waals surface area contributed by atoms with Crippen LogP contribution in [0.3, 0.4) is 0 Å². The minimum Gasteiger partial charge on any atom is -0.496 e. The van der Waals surface area contributed by atoms with Gasteiger partial charge in [0.25, 0.3) is 0 Å². The number of carbonyl (C=O) groups excluding carboxylic acids is 1. The molecule has 110 valence electrons. The Kier molecular flexibility index (Phi) is 5.05. The highest BCUT2D eigenvalue weighted by molar-refractivity contribution is 6.03. The predicted molar refractivity (Wildman–Crippen MR) is 79.6 cm³/mol. The molecule has 1 aromatic carbocycles. The van der Waals surface area contributed by atoms with Gasteiger partial charge in [-0.2, -0.15) is 0 Å². The Labute approximate surface area is 121 Å². The molecule has 0 amide bonds. The first-order chi connectivity index (χ1) is 9.72. The Morgan fingerprint density at radius 1 is 1.15 bits per heavy atom. The van der Waals surface area contributed by atoms with Gasteiger partial charge in [-0.3, -0.25) is 4.79 Å². The van der Waals surface area contributed by atoms with Crippen LogP contribution in [-0.4, -0.2) is 20.0 Å². The van der Waals surface area contributed by atoms with Crippen molar-refractivity contribution >= 4 is 5.78 Å². The van der Waals surface area contributed by atoms with Gasteiger partial charge in [0.2, 0.25) is 0 Å². The molecule has 0 N–H and O–H groups in total. The van der Waals surface area contributed by atoms with E-state index in [2.05, 4.69) is 6.92 Å². The van der Waals surface area contributed by atoms with Crippen molar-refractivity contribution in [2.45, 2.75) is 39.0 Å². The topological polar surface area (TPSA) is 35.5 Å². The minimum atomic E-state index is 0.110. The standard InChI is InChI=1S/C17H24O3/c1-4-12-8-5-6-9-13(12)17(18)16-14(19-2)10-7-11-15(16)20-3/h7,10-13H,4-6,8-9H2,1-3H3. The van der Waals surface area contributed by atoms with E-state index < -0.39 is 0 Å². The third-order valence-electron chi connectivity index (χ3n) is 4.44. The van der Waals surface area contributed by atoms with Crippen LogP contribution < -0.4 is 9.47 Å². The normalized spacial score (nSPS) is 22.4. The smallest absolute Gasteiger partial charge is 0.173 e. The summed E-state index contributed by atoms with van der Waals surface area (Å²) >= 11 is 0. The monoisotopic (exact) mass is 276 g/mol. The molecule has 2 atom stereocenters. The van der Waals surface area contributed by atoms with Gasteiger partial charge in [-0.05, 0) is 30.9 Å². The Morgan fingerprint density at radius 2 is 1.75 bits per heavy atom. The van der Waals surface area contributed by atoms with E-state index in [4.69, 9.17) is 9.47 Å². The molecule has 2 rings (SSSR count). The van der Waals surface area contributed by atoms with Gasteiger partial charge in [0.1, 0.15) is 17.1 Å². The third-order valence-corrected chi connectivity index (χ3v) is 4.44. The molecule has 3 nitrogen and oxygen atoms in total. The van der Waals surface area contributed by atoms with E-state index in [0.717, 1.165) is 25.7 Å². The number of ketones is 1. The van der Waals surface area contributed by atoms with Gasteiger partial charge >= 0.3 is 0 Å². The maximum Gasteiger partial charge on any atom is 0.173 e. The molecule has 1 saturated carbocycles. The zero-order chi connectivity index (χ0) is 14.5. The average Bonchev–Trinajstić information content (AvgIpc) is 2.53. The summed E-state index contributed by atoms with van der Waals surface area (Å²) in [5.41, 5.74) is 0.614. The summed E-state index contributed by atoms with van der Waals surface area (Å²) in [6.45, 7) is 2.18. The first kappa shape index (κ1) is 14.9. The van der Waals surface area contributed by atoms with Crippen LogP contribution in [0.2, 0.25) is 0 Å². The Balaban J connectivity index is 2.36. The van der Waals surface area contributed by atoms with Crippen LogP contribution in [0, 0.1) is 11.8 Å². The highest BCUT2D eigenvalue weighted by atomic mass is 16.5. The van der Waals surface area contributed by atoms with Crippen molar-refractivity contribution in [2.24, 2.45) is 11.8 Å². The molecule has 1 aliphatic rings. The minimum absolute atomic E-state index is 0.110. The molecule has 0 spiro atoms. The van der Waals surface area contributed by atoms with Gasteiger partial charge in [0.15, 0.2) is 5.78 Å². The van der Waals surface area contributed by atoms with Gasteiger partial charge < -0.3 is 9.47 Å². The Bertz CT molecular complexity index is 445. The predicted octanol–water partition coefficient (Wildman–Crippen LogP) is 4.10. The quantitative estimate of drug-likeness (QED) is 0.759. The Hall–Kier alpha value is -1.51. The lowest BCUT2D eigenvalue weighted by Crippen LogP contribution is -2.27. The fourth-order valence-electron chi connectivity index (χ4n) is 3.32. The maximum absolute atomic E-state index is 13.0. The summed E-state index contributed by atoms with van der Waals surface area (Å²) in [7, 11) is 3.20. The van der Waals surface area contributed by atoms with Gasteiger partial charge in [-0.1, -0.05) is 32.3 Å². The molecule has 1 aromatic rings. The lowest BCUT2D eigenvalue weighted by molar-refractivity contribution is 0.0814. The van der Waals surface area contributed by atoms with E-state index in [-0.39, 0.29) is 11.7 Å². The molecule has 2 unspecified atom stereocenters. The van der Waals surface area contributed by atoms with Crippen LogP contribution in [0.25, 0.3) is 0 Å². The number of ether oxygens (including phenoxy) is 2. The molecule has 0 bridgehead atoms. The summed E-state index contributed by atoms with van der Waals surface area (Å²) < 4.78 is 10.7. The zero-order valence-corrected chi connectivity index (χ0v) is 12.6. The molecule has 20 heavy (non-hydrogen) atoms. The molecule has 0 aliphatic heterocycles. The first-order valence-electron chi connectivity index (χ1n) is 7.48. The van der Waals surface area contributed by atoms with Crippen molar-refractivity contribution in [1.82, 2.24) is 0 Å². The number of benzene rings is 1. The second kappa shape index (κ2) is 6.78. The molecule has 1 aliphatic carbocycles. The number of carbonyl (C=O) groups is 1. The van der Waals surface area contributed by atoms with Gasteiger partial charge in [-0.15, -0.1) is 0 Å². The first-order valence-corrected chi connectivity index (χ1v) is 7.48. The fraction of sp³-hybridized carbons (Fsp3) is 0.588. The lowest BCUT2D eigenvalue weighted by Gasteiger charge is -2.30. The van der Waals surface area contributed by atoms with Gasteiger partial charge in [0.05, 0.1) is 14.2 Å². The SMILES string of the molecule is CCC1CCCCC1C(=O)c1c(OC)cccc1OC. The number of Topliss-reactive ketones (excluding diaryl/α,β-unsaturated/α-hetero) is 1. The second-order valence-electron chi connectivity index (χ2n) is 5.46. The summed E-state index contributed by atoms with van der Waals surface area (Å²) in [4.78, 5) is 13.0. The van der Waals surface area contributed by atoms with Crippen molar-refractivity contribution in [2.75, 3.05) is 14.2 Å². The summed E-state index contributed by atoms with van der Waals surface area (Å²) in [5, 5.41) is 0. The number of hydrogen-bond acceptors (Lipinski definition) is 3. The molecule has 0 saturated heterocycles. The lowest BCUT2D eigenvalue weighted by atomic mass is 9.74. The van der Waals surface area contributed by atoms with Crippen LogP contribution >= 0.6 is 0 Å². The van der Waals surface area contributed by atoms with Gasteiger partial charge in [0, 0.05) is 5.92 Å². The summed E-state index contributed by atoms with van der Waals surface area (Å²) in [6.07, 6.45) is 5.59. The van der Waals surface area contributed by atoms with Crippen LogP contribution in [0.4, 0.5) is 0 Å². The largest absolute Gasteiger partial charge is 0.496 e. The molecular weight excluding hydrogens is 252 g/mol. The van der Waals surface area contributed by atoms with E-state index in [0.29, 0.717) is 23.0 Å². The Morgan fingerprint density at radius 3 is 2.30 bits per heavy atom. The van der Waals surface area contributed by atoms with Crippen molar-refractivity contribution < 1.29 is 14.3 Å². The number of methoxy groups -OCH3 is 2. The van der Waals surface area contributed by atoms with Crippen LogP contribution in [0.1, 0.15) is 49.4 Å². The van der Waals surface area contributed by atoms with Crippen molar-refractivity contribution in [3.8, 4) is 11.5 Å². The van der Waals surface area contributed by atoms with Crippen LogP contribution in [0.15, 0.2) is 18.2 Å². The van der Waals surface area contributed by atoms with Crippen molar-refractivity contribution in [3.63, 3.8) is 0 Å². The highest BCUT2D eigenvalue weighted by Crippen LogP contribution is 2.38. The average molecular weight is 276 g/mol. The number of hydrogen-bond donors (Lipinski definition) is 0. The van der Waals surface area contributed by atoms with E-state index in [1.165, 1.54) is 6.42 Å². The number of rotatable bonds is 5. The molecule has 1 fully saturated rings. The van der Waals surface area contributed by atoms with Crippen molar-refractivity contribution in [3.05, 3.63) is 23.8 Å². The van der Waals surface area contributed by atoms with E-state index in [1.54, 1.807) is 14.2 Å². The van der Waals surface area contributed by atoms with Gasteiger partial charge in [-0.25, -0.2) is 0 Å². The molecule has 0 radical (unpaired) electrons. The molecular formula is C17H24O3. The fourth-order valence-corrected chi connectivity index (χ4v) is 3.32. The summed E-state index contributed by atoms with van der Waals surface area (Å²) in [6, 6.07) is 5.52. The zero-order valence-electron chi connectivity index (χ0n) is 12.6. The molecule has 0 aromatic heterocycles. The van der Waals surface area contributed by atoms with E-state index >= 15 is 0 Å². The molecule has 3 heteroatoms.